The van der Waals surface area contributed by atoms with Gasteiger partial charge in [0.15, 0.2) is 5.79 Å². The third-order valence-electron chi connectivity index (χ3n) is 10.8. The fourth-order valence-corrected chi connectivity index (χ4v) is 9.15. The lowest BCUT2D eigenvalue weighted by Gasteiger charge is -2.65. The zero-order chi connectivity index (χ0) is 19.1. The van der Waals surface area contributed by atoms with E-state index in [0.717, 1.165) is 31.0 Å². The minimum Gasteiger partial charge on any atom is -0.348 e. The van der Waals surface area contributed by atoms with Gasteiger partial charge in [-0.1, -0.05) is 32.9 Å². The first kappa shape index (κ1) is 18.7. The number of rotatable bonds is 1. The number of allylic oxidation sites excluding steroid dienone is 1. The Kier molecular flexibility index (Phi) is 4.04. The normalized spacial score (nSPS) is 54.3. The van der Waals surface area contributed by atoms with Crippen molar-refractivity contribution < 1.29 is 9.47 Å². The quantitative estimate of drug-likeness (QED) is 0.499. The zero-order valence-corrected chi connectivity index (χ0v) is 18.1. The van der Waals surface area contributed by atoms with Crippen LogP contribution in [0.25, 0.3) is 0 Å². The van der Waals surface area contributed by atoms with Gasteiger partial charge in [-0.05, 0) is 98.7 Å². The maximum Gasteiger partial charge on any atom is 0.169 e. The molecule has 0 aromatic carbocycles. The second-order valence-electron chi connectivity index (χ2n) is 11.7. The molecule has 4 aliphatic carbocycles. The summed E-state index contributed by atoms with van der Waals surface area (Å²) in [5.41, 5.74) is 2.92. The molecule has 1 aliphatic heterocycles. The molecule has 2 nitrogen and oxygen atoms in total. The molecule has 0 spiro atoms. The second-order valence-corrected chi connectivity index (χ2v) is 11.7. The summed E-state index contributed by atoms with van der Waals surface area (Å²) in [4.78, 5) is 0. The van der Waals surface area contributed by atoms with Crippen molar-refractivity contribution in [3.05, 3.63) is 12.2 Å². The molecule has 0 aromatic heterocycles. The van der Waals surface area contributed by atoms with E-state index in [1.165, 1.54) is 63.4 Å². The Morgan fingerprint density at radius 2 is 1.59 bits per heavy atom. The summed E-state index contributed by atoms with van der Waals surface area (Å²) in [6.07, 6.45) is 12.2. The van der Waals surface area contributed by atoms with Crippen LogP contribution < -0.4 is 0 Å². The fourth-order valence-electron chi connectivity index (χ4n) is 9.15. The van der Waals surface area contributed by atoms with Crippen LogP contribution in [-0.4, -0.2) is 19.0 Å². The highest BCUT2D eigenvalue weighted by Crippen LogP contribution is 2.72. The predicted molar refractivity (Wildman–Crippen MR) is 109 cm³/mol. The topological polar surface area (TPSA) is 18.5 Å². The van der Waals surface area contributed by atoms with Gasteiger partial charge in [0.25, 0.3) is 0 Å². The lowest BCUT2D eigenvalue weighted by molar-refractivity contribution is -0.221. The van der Waals surface area contributed by atoms with Crippen molar-refractivity contribution in [3.8, 4) is 0 Å². The number of hydrogen-bond acceptors (Lipinski definition) is 2. The molecule has 0 radical (unpaired) electrons. The Labute approximate surface area is 166 Å². The number of fused-ring (bicyclic) bond motifs is 5. The smallest absolute Gasteiger partial charge is 0.169 e. The molecule has 152 valence electrons. The molecule has 4 saturated carbocycles. The molecule has 7 atom stereocenters. The summed E-state index contributed by atoms with van der Waals surface area (Å²) in [7, 11) is 0. The molecule has 5 fully saturated rings. The third kappa shape index (κ3) is 2.38. The summed E-state index contributed by atoms with van der Waals surface area (Å²) in [5, 5.41) is 0. The van der Waals surface area contributed by atoms with Gasteiger partial charge >= 0.3 is 0 Å². The Morgan fingerprint density at radius 3 is 2.33 bits per heavy atom. The van der Waals surface area contributed by atoms with Gasteiger partial charge in [0.05, 0.1) is 13.2 Å². The largest absolute Gasteiger partial charge is 0.348 e. The zero-order valence-electron chi connectivity index (χ0n) is 18.1. The van der Waals surface area contributed by atoms with Crippen LogP contribution in [0.5, 0.6) is 0 Å². The van der Waals surface area contributed by atoms with Crippen molar-refractivity contribution >= 4 is 0 Å². The van der Waals surface area contributed by atoms with E-state index in [0.29, 0.717) is 22.2 Å². The van der Waals surface area contributed by atoms with Crippen LogP contribution in [-0.2, 0) is 9.47 Å². The van der Waals surface area contributed by atoms with Gasteiger partial charge in [-0.15, -0.1) is 0 Å². The van der Waals surface area contributed by atoms with Crippen molar-refractivity contribution in [3.63, 3.8) is 0 Å². The molecule has 27 heavy (non-hydrogen) atoms. The van der Waals surface area contributed by atoms with Crippen molar-refractivity contribution in [2.45, 2.75) is 91.3 Å². The number of hydrogen-bond donors (Lipinski definition) is 0. The van der Waals surface area contributed by atoms with Crippen molar-refractivity contribution in [1.29, 1.82) is 0 Å². The van der Waals surface area contributed by atoms with Gasteiger partial charge in [0.1, 0.15) is 0 Å². The summed E-state index contributed by atoms with van der Waals surface area (Å²) in [5.74, 6) is 2.96. The molecule has 0 bridgehead atoms. The van der Waals surface area contributed by atoms with Crippen LogP contribution in [0.3, 0.4) is 0 Å². The van der Waals surface area contributed by atoms with E-state index < -0.39 is 0 Å². The molecule has 0 unspecified atom stereocenters. The van der Waals surface area contributed by atoms with Gasteiger partial charge < -0.3 is 9.47 Å². The first-order valence-corrected chi connectivity index (χ1v) is 11.7. The minimum absolute atomic E-state index is 0.327. The van der Waals surface area contributed by atoms with E-state index in [4.69, 9.17) is 9.47 Å². The monoisotopic (exact) mass is 372 g/mol. The maximum absolute atomic E-state index is 6.18. The highest BCUT2D eigenvalue weighted by atomic mass is 16.7. The molecule has 0 N–H and O–H groups in total. The molecule has 1 heterocycles. The summed E-state index contributed by atoms with van der Waals surface area (Å²) in [6, 6.07) is 0. The standard InChI is InChI=1S/C25H40O2/c1-17-8-13-24(4)20-10-12-23(3)19(18(20)9-11-22(24,2)16-17)6-7-21(23)25(5)26-14-15-27-25/h18-21H,1,6-16H2,2-5H3/t18-,19-,20-,21-,22+,23-,24+/m0/s1. The SMILES string of the molecule is C=C1CC[C@]2(C)[C@H]3CC[C@]4(C)[C@@H](C5(C)OCCO5)CC[C@H]4[C@@H]3CC[C@]2(C)C1. The molecule has 5 aliphatic rings. The van der Waals surface area contributed by atoms with Crippen LogP contribution in [0.2, 0.25) is 0 Å². The second kappa shape index (κ2) is 5.85. The first-order valence-electron chi connectivity index (χ1n) is 11.7. The van der Waals surface area contributed by atoms with Crippen molar-refractivity contribution in [2.24, 2.45) is 39.9 Å². The lowest BCUT2D eigenvalue weighted by atomic mass is 9.40. The maximum atomic E-state index is 6.18. The van der Waals surface area contributed by atoms with Crippen LogP contribution in [0.4, 0.5) is 0 Å². The van der Waals surface area contributed by atoms with E-state index in [2.05, 4.69) is 34.3 Å². The third-order valence-corrected chi connectivity index (χ3v) is 10.8. The molecule has 5 rings (SSSR count). The molecule has 0 aromatic rings. The van der Waals surface area contributed by atoms with E-state index in [1.54, 1.807) is 0 Å². The van der Waals surface area contributed by atoms with Gasteiger partial charge in [0.2, 0.25) is 0 Å². The molecule has 1 saturated heterocycles. The van der Waals surface area contributed by atoms with Crippen molar-refractivity contribution in [1.82, 2.24) is 0 Å². The molecule has 0 amide bonds. The highest BCUT2D eigenvalue weighted by molar-refractivity contribution is 5.18. The first-order chi connectivity index (χ1) is 12.7. The minimum atomic E-state index is -0.327. The Morgan fingerprint density at radius 1 is 0.852 bits per heavy atom. The van der Waals surface area contributed by atoms with E-state index in [9.17, 15) is 0 Å². The average Bonchev–Trinajstić information content (AvgIpc) is 3.20. The molecular formula is C25H40O2. The van der Waals surface area contributed by atoms with Gasteiger partial charge in [-0.2, -0.15) is 0 Å². The average molecular weight is 373 g/mol. The Hall–Kier alpha value is -0.340. The molecular weight excluding hydrogens is 332 g/mol. The number of ether oxygens (including phenoxy) is 2. The molecule has 2 heteroatoms. The fraction of sp³-hybridized carbons (Fsp3) is 0.920. The van der Waals surface area contributed by atoms with Crippen LogP contribution >= 0.6 is 0 Å². The van der Waals surface area contributed by atoms with E-state index >= 15 is 0 Å². The van der Waals surface area contributed by atoms with Crippen LogP contribution in [0.15, 0.2) is 12.2 Å². The van der Waals surface area contributed by atoms with Gasteiger partial charge in [0, 0.05) is 5.92 Å². The predicted octanol–water partition coefficient (Wildman–Crippen LogP) is 6.35. The summed E-state index contributed by atoms with van der Waals surface area (Å²) < 4.78 is 12.4. The summed E-state index contributed by atoms with van der Waals surface area (Å²) in [6.45, 7) is 16.0. The lowest BCUT2D eigenvalue weighted by Crippen LogP contribution is -2.58. The highest BCUT2D eigenvalue weighted by Gasteiger charge is 2.65. The Balaban J connectivity index is 1.45. The van der Waals surface area contributed by atoms with Crippen molar-refractivity contribution in [2.75, 3.05) is 13.2 Å². The Bertz CT molecular complexity index is 634. The van der Waals surface area contributed by atoms with Crippen LogP contribution in [0, 0.1) is 39.9 Å². The van der Waals surface area contributed by atoms with E-state index in [1.807, 2.05) is 0 Å². The summed E-state index contributed by atoms with van der Waals surface area (Å²) >= 11 is 0. The van der Waals surface area contributed by atoms with Crippen LogP contribution in [0.1, 0.15) is 85.5 Å². The van der Waals surface area contributed by atoms with Gasteiger partial charge in [-0.3, -0.25) is 0 Å². The van der Waals surface area contributed by atoms with E-state index in [-0.39, 0.29) is 5.79 Å². The van der Waals surface area contributed by atoms with Gasteiger partial charge in [-0.25, -0.2) is 0 Å².